The van der Waals surface area contributed by atoms with Gasteiger partial charge in [-0.2, -0.15) is 5.10 Å². The van der Waals surface area contributed by atoms with Crippen LogP contribution in [0.4, 0.5) is 0 Å². The minimum atomic E-state index is -0.00990. The Kier molecular flexibility index (Phi) is 2.95. The largest absolute Gasteiger partial charge is 0.335 e. The normalized spacial score (nSPS) is 19.4. The van der Waals surface area contributed by atoms with Crippen LogP contribution >= 0.6 is 0 Å². The zero-order valence-corrected chi connectivity index (χ0v) is 10.9. The van der Waals surface area contributed by atoms with Crippen LogP contribution in [0.1, 0.15) is 29.9 Å². The summed E-state index contributed by atoms with van der Waals surface area (Å²) < 4.78 is 1.74. The maximum atomic E-state index is 12.4. The first-order valence-electron chi connectivity index (χ1n) is 5.93. The van der Waals surface area contributed by atoms with Crippen molar-refractivity contribution in [1.82, 2.24) is 20.0 Å². The van der Waals surface area contributed by atoms with Crippen LogP contribution in [0.15, 0.2) is 6.20 Å². The van der Waals surface area contributed by atoms with Crippen molar-refractivity contribution in [3.63, 3.8) is 0 Å². The lowest BCUT2D eigenvalue weighted by Crippen LogP contribution is -2.58. The number of amides is 1. The Labute approximate surface area is 102 Å². The molecule has 94 valence electrons. The van der Waals surface area contributed by atoms with Gasteiger partial charge in [-0.05, 0) is 20.8 Å². The molecule has 0 bridgehead atoms. The Morgan fingerprint density at radius 2 is 2.24 bits per heavy atom. The summed E-state index contributed by atoms with van der Waals surface area (Å²) in [4.78, 5) is 14.3. The van der Waals surface area contributed by atoms with E-state index in [0.717, 1.165) is 25.3 Å². The van der Waals surface area contributed by atoms with Crippen LogP contribution in [0.3, 0.4) is 0 Å². The quantitative estimate of drug-likeness (QED) is 0.775. The molecule has 0 unspecified atom stereocenters. The Morgan fingerprint density at radius 3 is 2.76 bits per heavy atom. The van der Waals surface area contributed by atoms with E-state index in [1.807, 2.05) is 18.9 Å². The number of piperazine rings is 1. The zero-order valence-electron chi connectivity index (χ0n) is 10.9. The highest BCUT2D eigenvalue weighted by Gasteiger charge is 2.30. The lowest BCUT2D eigenvalue weighted by Gasteiger charge is -2.39. The van der Waals surface area contributed by atoms with E-state index in [0.29, 0.717) is 5.56 Å². The summed E-state index contributed by atoms with van der Waals surface area (Å²) in [7, 11) is 1.85. The van der Waals surface area contributed by atoms with Gasteiger partial charge in [0.1, 0.15) is 0 Å². The van der Waals surface area contributed by atoms with Crippen molar-refractivity contribution in [2.24, 2.45) is 7.05 Å². The summed E-state index contributed by atoms with van der Waals surface area (Å²) in [5.74, 6) is 0.0881. The highest BCUT2D eigenvalue weighted by molar-refractivity contribution is 5.95. The fourth-order valence-electron chi connectivity index (χ4n) is 2.19. The first-order valence-corrected chi connectivity index (χ1v) is 5.93. The predicted molar refractivity (Wildman–Crippen MR) is 65.9 cm³/mol. The number of aromatic nitrogens is 2. The number of hydrogen-bond acceptors (Lipinski definition) is 3. The molecule has 0 radical (unpaired) electrons. The minimum Gasteiger partial charge on any atom is -0.335 e. The highest BCUT2D eigenvalue weighted by atomic mass is 16.2. The predicted octanol–water partition coefficient (Wildman–Crippen LogP) is 0.553. The lowest BCUT2D eigenvalue weighted by atomic mass is 10.0. The van der Waals surface area contributed by atoms with Gasteiger partial charge >= 0.3 is 0 Å². The van der Waals surface area contributed by atoms with Crippen molar-refractivity contribution >= 4 is 5.91 Å². The number of nitrogens with zero attached hydrogens (tertiary/aromatic N) is 3. The highest BCUT2D eigenvalue weighted by Crippen LogP contribution is 2.15. The van der Waals surface area contributed by atoms with Gasteiger partial charge in [0.25, 0.3) is 5.91 Å². The van der Waals surface area contributed by atoms with Crippen molar-refractivity contribution in [3.05, 3.63) is 17.5 Å². The lowest BCUT2D eigenvalue weighted by molar-refractivity contribution is 0.0651. The van der Waals surface area contributed by atoms with E-state index >= 15 is 0 Å². The van der Waals surface area contributed by atoms with Crippen LogP contribution in [0.2, 0.25) is 0 Å². The van der Waals surface area contributed by atoms with E-state index in [2.05, 4.69) is 24.3 Å². The van der Waals surface area contributed by atoms with Crippen molar-refractivity contribution in [2.75, 3.05) is 19.6 Å². The van der Waals surface area contributed by atoms with E-state index in [1.165, 1.54) is 0 Å². The summed E-state index contributed by atoms with van der Waals surface area (Å²) in [6.45, 7) is 8.49. The average molecular weight is 236 g/mol. The second kappa shape index (κ2) is 4.14. The molecule has 1 aromatic heterocycles. The second-order valence-electron chi connectivity index (χ2n) is 5.30. The van der Waals surface area contributed by atoms with Crippen molar-refractivity contribution < 1.29 is 4.79 Å². The van der Waals surface area contributed by atoms with E-state index < -0.39 is 0 Å². The van der Waals surface area contributed by atoms with Crippen LogP contribution in [-0.4, -0.2) is 45.8 Å². The topological polar surface area (TPSA) is 50.2 Å². The monoisotopic (exact) mass is 236 g/mol. The third-order valence-electron chi connectivity index (χ3n) is 3.32. The Morgan fingerprint density at radius 1 is 1.53 bits per heavy atom. The number of rotatable bonds is 1. The maximum Gasteiger partial charge on any atom is 0.257 e. The molecule has 1 aliphatic rings. The first kappa shape index (κ1) is 12.1. The summed E-state index contributed by atoms with van der Waals surface area (Å²) in [5, 5.41) is 7.52. The van der Waals surface area contributed by atoms with Crippen molar-refractivity contribution in [3.8, 4) is 0 Å². The Balaban J connectivity index is 2.18. The first-order chi connectivity index (χ1) is 7.91. The molecule has 5 nitrogen and oxygen atoms in total. The van der Waals surface area contributed by atoms with Crippen LogP contribution < -0.4 is 5.32 Å². The van der Waals surface area contributed by atoms with Gasteiger partial charge in [-0.25, -0.2) is 0 Å². The number of nitrogens with one attached hydrogen (secondary N) is 1. The molecular weight excluding hydrogens is 216 g/mol. The van der Waals surface area contributed by atoms with Gasteiger partial charge in [0.05, 0.1) is 11.8 Å². The summed E-state index contributed by atoms with van der Waals surface area (Å²) >= 11 is 0. The van der Waals surface area contributed by atoms with Crippen LogP contribution in [0, 0.1) is 6.92 Å². The van der Waals surface area contributed by atoms with Crippen LogP contribution in [0.25, 0.3) is 0 Å². The maximum absolute atomic E-state index is 12.4. The molecular formula is C12H20N4O. The molecule has 0 aromatic carbocycles. The minimum absolute atomic E-state index is 0.00990. The molecule has 1 amide bonds. The fraction of sp³-hybridized carbons (Fsp3) is 0.667. The molecule has 1 N–H and O–H groups in total. The third kappa shape index (κ3) is 2.34. The van der Waals surface area contributed by atoms with Crippen LogP contribution in [0.5, 0.6) is 0 Å². The average Bonchev–Trinajstić information content (AvgIpc) is 2.57. The molecule has 1 saturated heterocycles. The standard InChI is InChI=1S/C12H20N4O/c1-9-10(7-14-15(9)4)11(17)16-6-5-13-12(2,3)8-16/h7,13H,5-6,8H2,1-4H3. The summed E-state index contributed by atoms with van der Waals surface area (Å²) in [6.07, 6.45) is 1.66. The molecule has 2 rings (SSSR count). The molecule has 0 aliphatic carbocycles. The van der Waals surface area contributed by atoms with Gasteiger partial charge in [0.15, 0.2) is 0 Å². The SMILES string of the molecule is Cc1c(C(=O)N2CCNC(C)(C)C2)cnn1C. The van der Waals surface area contributed by atoms with E-state index in [1.54, 1.807) is 10.9 Å². The van der Waals surface area contributed by atoms with Crippen molar-refractivity contribution in [1.29, 1.82) is 0 Å². The van der Waals surface area contributed by atoms with Gasteiger partial charge in [0.2, 0.25) is 0 Å². The van der Waals surface area contributed by atoms with Gasteiger partial charge in [-0.1, -0.05) is 0 Å². The Hall–Kier alpha value is -1.36. The summed E-state index contributed by atoms with van der Waals surface area (Å²) in [5.41, 5.74) is 1.63. The molecule has 2 heterocycles. The fourth-order valence-corrected chi connectivity index (χ4v) is 2.19. The van der Waals surface area contributed by atoms with E-state index in [4.69, 9.17) is 0 Å². The van der Waals surface area contributed by atoms with Gasteiger partial charge in [-0.15, -0.1) is 0 Å². The number of aryl methyl sites for hydroxylation is 1. The molecule has 0 spiro atoms. The van der Waals surface area contributed by atoms with Crippen molar-refractivity contribution in [2.45, 2.75) is 26.3 Å². The third-order valence-corrected chi connectivity index (χ3v) is 3.32. The second-order valence-corrected chi connectivity index (χ2v) is 5.30. The molecule has 5 heteroatoms. The molecule has 0 atom stereocenters. The molecule has 1 aromatic rings. The Bertz CT molecular complexity index is 436. The van der Waals surface area contributed by atoms with E-state index in [-0.39, 0.29) is 11.4 Å². The number of hydrogen-bond donors (Lipinski definition) is 1. The number of carbonyl (C=O) groups excluding carboxylic acids is 1. The molecule has 1 aliphatic heterocycles. The van der Waals surface area contributed by atoms with Gasteiger partial charge in [-0.3, -0.25) is 9.48 Å². The number of carbonyl (C=O) groups is 1. The van der Waals surface area contributed by atoms with E-state index in [9.17, 15) is 4.79 Å². The molecule has 1 fully saturated rings. The summed E-state index contributed by atoms with van der Waals surface area (Å²) in [6, 6.07) is 0. The molecule has 0 saturated carbocycles. The van der Waals surface area contributed by atoms with Gasteiger partial charge in [0, 0.05) is 37.9 Å². The van der Waals surface area contributed by atoms with Crippen LogP contribution in [-0.2, 0) is 7.05 Å². The molecule has 17 heavy (non-hydrogen) atoms. The van der Waals surface area contributed by atoms with Gasteiger partial charge < -0.3 is 10.2 Å². The zero-order chi connectivity index (χ0) is 12.6. The smallest absolute Gasteiger partial charge is 0.257 e.